The maximum Gasteiger partial charge on any atom is 0.207 e. The molecule has 0 amide bonds. The summed E-state index contributed by atoms with van der Waals surface area (Å²) in [6, 6.07) is 20.8. The van der Waals surface area contributed by atoms with Crippen LogP contribution in [0.4, 0.5) is 11.4 Å². The van der Waals surface area contributed by atoms with Crippen LogP contribution in [-0.2, 0) is 0 Å². The van der Waals surface area contributed by atoms with Crippen LogP contribution < -0.4 is 0 Å². The Bertz CT molecular complexity index is 1070. The SMILES string of the molecule is N#Cc1cc2c(N=Nc3ccccc3)c3ccccc3c-2[nH]c1O. The molecule has 114 valence electrons. The lowest BCUT2D eigenvalue weighted by molar-refractivity contribution is 0.452. The van der Waals surface area contributed by atoms with Crippen molar-refractivity contribution in [2.45, 2.75) is 0 Å². The van der Waals surface area contributed by atoms with Gasteiger partial charge < -0.3 is 10.1 Å². The van der Waals surface area contributed by atoms with E-state index in [1.807, 2.05) is 60.7 Å². The van der Waals surface area contributed by atoms with Gasteiger partial charge in [-0.2, -0.15) is 10.4 Å². The lowest BCUT2D eigenvalue weighted by Gasteiger charge is -2.04. The average molecular weight is 312 g/mol. The Balaban J connectivity index is 1.99. The third kappa shape index (κ3) is 2.18. The summed E-state index contributed by atoms with van der Waals surface area (Å²) in [6.45, 7) is 0. The molecule has 0 spiro atoms. The molecule has 0 unspecified atom stereocenters. The normalized spacial score (nSPS) is 11.3. The van der Waals surface area contributed by atoms with Crippen molar-refractivity contribution in [3.8, 4) is 23.2 Å². The van der Waals surface area contributed by atoms with E-state index in [0.29, 0.717) is 5.69 Å². The highest BCUT2D eigenvalue weighted by molar-refractivity contribution is 6.11. The van der Waals surface area contributed by atoms with E-state index >= 15 is 0 Å². The fraction of sp³-hybridized carbons (Fsp3) is 0. The molecule has 2 aliphatic rings. The van der Waals surface area contributed by atoms with Crippen molar-refractivity contribution in [2.75, 3.05) is 0 Å². The molecule has 24 heavy (non-hydrogen) atoms. The van der Waals surface area contributed by atoms with Crippen molar-refractivity contribution in [3.05, 3.63) is 66.2 Å². The van der Waals surface area contributed by atoms with E-state index in [0.717, 1.165) is 27.7 Å². The van der Waals surface area contributed by atoms with E-state index in [-0.39, 0.29) is 11.4 Å². The average Bonchev–Trinajstić information content (AvgIpc) is 2.93. The standard InChI is InChI=1S/C19H12N4O/c20-11-12-10-16-17(21-19(12)24)14-8-4-5-9-15(14)18(16)23-22-13-6-2-1-3-7-13/h1-10,21,24H. The van der Waals surface area contributed by atoms with Crippen LogP contribution in [0.1, 0.15) is 5.56 Å². The number of azo groups is 1. The van der Waals surface area contributed by atoms with Crippen molar-refractivity contribution in [3.63, 3.8) is 0 Å². The first-order valence-electron chi connectivity index (χ1n) is 7.41. The van der Waals surface area contributed by atoms with Gasteiger partial charge in [-0.3, -0.25) is 0 Å². The fourth-order valence-corrected chi connectivity index (χ4v) is 2.79. The molecule has 2 aromatic carbocycles. The summed E-state index contributed by atoms with van der Waals surface area (Å²) in [4.78, 5) is 2.90. The van der Waals surface area contributed by atoms with Crippen LogP contribution >= 0.6 is 0 Å². The van der Waals surface area contributed by atoms with Crippen LogP contribution in [0.5, 0.6) is 5.88 Å². The molecule has 1 aliphatic carbocycles. The van der Waals surface area contributed by atoms with Crippen molar-refractivity contribution >= 4 is 22.1 Å². The highest BCUT2D eigenvalue weighted by Gasteiger charge is 2.20. The van der Waals surface area contributed by atoms with Crippen molar-refractivity contribution in [1.29, 1.82) is 5.26 Å². The van der Waals surface area contributed by atoms with Crippen LogP contribution in [-0.4, -0.2) is 10.1 Å². The monoisotopic (exact) mass is 312 g/mol. The van der Waals surface area contributed by atoms with Gasteiger partial charge in [0.05, 0.1) is 11.4 Å². The number of H-pyrrole nitrogens is 1. The molecule has 5 heteroatoms. The van der Waals surface area contributed by atoms with Gasteiger partial charge in [0, 0.05) is 16.3 Å². The Hall–Kier alpha value is -3.65. The quantitative estimate of drug-likeness (QED) is 0.494. The van der Waals surface area contributed by atoms with E-state index in [1.54, 1.807) is 6.07 Å². The van der Waals surface area contributed by atoms with Crippen LogP contribution in [0, 0.1) is 11.3 Å². The number of hydrogen-bond acceptors (Lipinski definition) is 4. The minimum Gasteiger partial charge on any atom is -0.494 e. The number of aromatic amines is 1. The molecule has 0 bridgehead atoms. The second kappa shape index (κ2) is 5.52. The van der Waals surface area contributed by atoms with Gasteiger partial charge >= 0.3 is 0 Å². The minimum atomic E-state index is -0.146. The summed E-state index contributed by atoms with van der Waals surface area (Å²) in [6.07, 6.45) is 0. The maximum atomic E-state index is 9.95. The number of nitrogens with zero attached hydrogens (tertiary/aromatic N) is 3. The first-order valence-corrected chi connectivity index (χ1v) is 7.41. The largest absolute Gasteiger partial charge is 0.494 e. The number of aromatic nitrogens is 1. The summed E-state index contributed by atoms with van der Waals surface area (Å²) < 4.78 is 0. The molecule has 0 saturated carbocycles. The fourth-order valence-electron chi connectivity index (χ4n) is 2.79. The molecule has 5 nitrogen and oxygen atoms in total. The first-order chi connectivity index (χ1) is 11.8. The lowest BCUT2D eigenvalue weighted by Crippen LogP contribution is -1.86. The van der Waals surface area contributed by atoms with Gasteiger partial charge in [-0.1, -0.05) is 42.5 Å². The van der Waals surface area contributed by atoms with E-state index in [9.17, 15) is 5.11 Å². The molecule has 2 N–H and O–H groups in total. The van der Waals surface area contributed by atoms with Crippen molar-refractivity contribution in [1.82, 2.24) is 4.98 Å². The van der Waals surface area contributed by atoms with Crippen LogP contribution in [0.15, 0.2) is 70.9 Å². The van der Waals surface area contributed by atoms with Crippen LogP contribution in [0.3, 0.4) is 0 Å². The summed E-state index contributed by atoms with van der Waals surface area (Å²) in [7, 11) is 0. The molecule has 0 radical (unpaired) electrons. The number of rotatable bonds is 2. The number of fused-ring (bicyclic) bond motifs is 3. The number of benzene rings is 2. The summed E-state index contributed by atoms with van der Waals surface area (Å²) in [5.41, 5.74) is 3.10. The number of pyridine rings is 1. The molecule has 2 aromatic rings. The van der Waals surface area contributed by atoms with Crippen molar-refractivity contribution in [2.24, 2.45) is 10.2 Å². The molecule has 0 aromatic heterocycles. The summed E-state index contributed by atoms with van der Waals surface area (Å²) >= 11 is 0. The number of nitriles is 1. The topological polar surface area (TPSA) is 84.5 Å². The van der Waals surface area contributed by atoms with Gasteiger partial charge in [-0.15, -0.1) is 5.11 Å². The summed E-state index contributed by atoms with van der Waals surface area (Å²) in [5.74, 6) is -0.146. The number of hydrogen-bond donors (Lipinski definition) is 2. The Labute approximate surface area is 137 Å². The van der Waals surface area contributed by atoms with Gasteiger partial charge in [0.2, 0.25) is 5.88 Å². The first kappa shape index (κ1) is 14.0. The van der Waals surface area contributed by atoms with Gasteiger partial charge in [-0.05, 0) is 18.2 Å². The van der Waals surface area contributed by atoms with Gasteiger partial charge in [-0.25, -0.2) is 0 Å². The zero-order valence-corrected chi connectivity index (χ0v) is 12.6. The molecule has 0 fully saturated rings. The lowest BCUT2D eigenvalue weighted by atomic mass is 10.1. The van der Waals surface area contributed by atoms with Crippen LogP contribution in [0.25, 0.3) is 22.0 Å². The number of aromatic hydroxyl groups is 1. The molecular formula is C19H12N4O. The Morgan fingerprint density at radius 1 is 0.917 bits per heavy atom. The molecule has 0 atom stereocenters. The zero-order valence-electron chi connectivity index (χ0n) is 12.6. The Morgan fingerprint density at radius 3 is 2.38 bits per heavy atom. The van der Waals surface area contributed by atoms with Crippen LogP contribution in [0.2, 0.25) is 0 Å². The third-order valence-electron chi connectivity index (χ3n) is 3.91. The summed E-state index contributed by atoms with van der Waals surface area (Å²) in [5, 5.41) is 29.7. The molecule has 4 rings (SSSR count). The van der Waals surface area contributed by atoms with E-state index in [4.69, 9.17) is 5.26 Å². The molecule has 0 saturated heterocycles. The van der Waals surface area contributed by atoms with Gasteiger partial charge in [0.25, 0.3) is 0 Å². The Kier molecular flexibility index (Phi) is 3.22. The molecule has 1 aliphatic heterocycles. The van der Waals surface area contributed by atoms with E-state index < -0.39 is 0 Å². The molecular weight excluding hydrogens is 300 g/mol. The van der Waals surface area contributed by atoms with Crippen molar-refractivity contribution < 1.29 is 5.11 Å². The number of nitrogens with one attached hydrogen (secondary N) is 1. The van der Waals surface area contributed by atoms with Gasteiger partial charge in [0.1, 0.15) is 17.3 Å². The second-order valence-electron chi connectivity index (χ2n) is 5.36. The Morgan fingerprint density at radius 2 is 1.62 bits per heavy atom. The minimum absolute atomic E-state index is 0.146. The van der Waals surface area contributed by atoms with E-state index in [1.165, 1.54) is 0 Å². The molecule has 1 heterocycles. The zero-order chi connectivity index (χ0) is 16.5. The predicted molar refractivity (Wildman–Crippen MR) is 91.9 cm³/mol. The highest BCUT2D eigenvalue weighted by Crippen LogP contribution is 2.45. The van der Waals surface area contributed by atoms with E-state index in [2.05, 4.69) is 15.2 Å². The van der Waals surface area contributed by atoms with Gasteiger partial charge in [0.15, 0.2) is 0 Å². The smallest absolute Gasteiger partial charge is 0.207 e. The third-order valence-corrected chi connectivity index (χ3v) is 3.91. The predicted octanol–water partition coefficient (Wildman–Crippen LogP) is 5.27. The maximum absolute atomic E-state index is 9.95. The highest BCUT2D eigenvalue weighted by atomic mass is 16.3. The second-order valence-corrected chi connectivity index (χ2v) is 5.36.